The second-order valence-corrected chi connectivity index (χ2v) is 9.07. The smallest absolute Gasteiger partial charge is 0.308 e. The predicted octanol–water partition coefficient (Wildman–Crippen LogP) is 0.128. The number of nitrogens with zero attached hydrogens (tertiary/aromatic N) is 1. The molecule has 1 aromatic rings. The van der Waals surface area contributed by atoms with E-state index < -0.39 is 26.8 Å². The predicted molar refractivity (Wildman–Crippen MR) is 72.3 cm³/mol. The molecule has 1 saturated heterocycles. The Morgan fingerprint density at radius 2 is 2.00 bits per heavy atom. The van der Waals surface area contributed by atoms with E-state index in [2.05, 4.69) is 0 Å². The molecule has 19 heavy (non-hydrogen) atoms. The minimum atomic E-state index is -3.58. The van der Waals surface area contributed by atoms with Crippen LogP contribution in [0.4, 0.5) is 0 Å². The molecule has 0 radical (unpaired) electrons. The minimum absolute atomic E-state index is 0.149. The van der Waals surface area contributed by atoms with E-state index in [0.29, 0.717) is 16.4 Å². The summed E-state index contributed by atoms with van der Waals surface area (Å²) in [6, 6.07) is 2.96. The standard InChI is InChI=1S/C10H13NO5S3/c12-9(13)7-8-1-2-10(17-8)19(15,16)11-3-5-18(14)6-4-11/h1-2H,3-7H2,(H,12,13). The molecule has 1 aliphatic rings. The minimum Gasteiger partial charge on any atom is -0.481 e. The third kappa shape index (κ3) is 3.41. The summed E-state index contributed by atoms with van der Waals surface area (Å²) in [5.74, 6) is -0.279. The fraction of sp³-hybridized carbons (Fsp3) is 0.500. The fourth-order valence-corrected chi connectivity index (χ4v) is 5.96. The Labute approximate surface area is 117 Å². The van der Waals surface area contributed by atoms with Crippen molar-refractivity contribution in [2.75, 3.05) is 24.6 Å². The van der Waals surface area contributed by atoms with Gasteiger partial charge in [-0.2, -0.15) is 4.31 Å². The van der Waals surface area contributed by atoms with Crippen molar-refractivity contribution < 1.29 is 22.5 Å². The van der Waals surface area contributed by atoms with E-state index >= 15 is 0 Å². The summed E-state index contributed by atoms with van der Waals surface area (Å²) in [4.78, 5) is 11.1. The van der Waals surface area contributed by atoms with E-state index in [4.69, 9.17) is 5.11 Å². The maximum absolute atomic E-state index is 12.3. The van der Waals surface area contributed by atoms with Gasteiger partial charge in [0, 0.05) is 40.3 Å². The first kappa shape index (κ1) is 14.6. The Morgan fingerprint density at radius 1 is 1.37 bits per heavy atom. The van der Waals surface area contributed by atoms with Crippen molar-refractivity contribution in [1.82, 2.24) is 4.31 Å². The number of hydrogen-bond donors (Lipinski definition) is 1. The molecule has 0 amide bonds. The molecule has 0 bridgehead atoms. The Bertz CT molecular complexity index is 596. The number of thiophene rings is 1. The molecular weight excluding hydrogens is 310 g/mol. The van der Waals surface area contributed by atoms with Crippen LogP contribution in [0.1, 0.15) is 4.88 Å². The highest BCUT2D eigenvalue weighted by Crippen LogP contribution is 2.26. The average Bonchev–Trinajstić information content (AvgIpc) is 2.78. The first-order valence-corrected chi connectivity index (χ1v) is 9.29. The fourth-order valence-electron chi connectivity index (χ4n) is 1.73. The molecular formula is C10H13NO5S3. The zero-order valence-electron chi connectivity index (χ0n) is 9.94. The van der Waals surface area contributed by atoms with Crippen molar-refractivity contribution in [1.29, 1.82) is 0 Å². The normalized spacial score (nSPS) is 18.5. The number of aliphatic carboxylic acids is 1. The summed E-state index contributed by atoms with van der Waals surface area (Å²) >= 11 is 0.976. The number of carboxylic acid groups (broad SMARTS) is 1. The Hall–Kier alpha value is -0.770. The molecule has 1 aliphatic heterocycles. The van der Waals surface area contributed by atoms with Crippen molar-refractivity contribution in [2.45, 2.75) is 10.6 Å². The molecule has 0 saturated carbocycles. The number of hydrogen-bond acceptors (Lipinski definition) is 5. The van der Waals surface area contributed by atoms with Crippen LogP contribution in [-0.2, 0) is 32.0 Å². The lowest BCUT2D eigenvalue weighted by atomic mass is 10.3. The average molecular weight is 323 g/mol. The van der Waals surface area contributed by atoms with E-state index in [1.54, 1.807) is 0 Å². The number of carboxylic acids is 1. The molecule has 0 unspecified atom stereocenters. The van der Waals surface area contributed by atoms with E-state index in [1.165, 1.54) is 16.4 Å². The maximum atomic E-state index is 12.3. The second-order valence-electron chi connectivity index (χ2n) is 4.04. The first-order chi connectivity index (χ1) is 8.89. The van der Waals surface area contributed by atoms with E-state index in [-0.39, 0.29) is 23.7 Å². The van der Waals surface area contributed by atoms with Gasteiger partial charge in [0.15, 0.2) is 0 Å². The van der Waals surface area contributed by atoms with E-state index in [9.17, 15) is 17.4 Å². The van der Waals surface area contributed by atoms with Gasteiger partial charge in [-0.1, -0.05) is 0 Å². The van der Waals surface area contributed by atoms with Crippen LogP contribution in [0.15, 0.2) is 16.3 Å². The lowest BCUT2D eigenvalue weighted by Crippen LogP contribution is -2.41. The van der Waals surface area contributed by atoms with Gasteiger partial charge in [-0.3, -0.25) is 9.00 Å². The van der Waals surface area contributed by atoms with Crippen LogP contribution < -0.4 is 0 Å². The molecule has 6 nitrogen and oxygen atoms in total. The number of carbonyl (C=O) groups is 1. The molecule has 2 rings (SSSR count). The SMILES string of the molecule is O=C(O)Cc1ccc(S(=O)(=O)N2CCS(=O)CC2)s1. The second kappa shape index (κ2) is 5.70. The Kier molecular flexibility index (Phi) is 4.39. The summed E-state index contributed by atoms with van der Waals surface area (Å²) in [6.45, 7) is 0.502. The first-order valence-electron chi connectivity index (χ1n) is 5.55. The Morgan fingerprint density at radius 3 is 2.58 bits per heavy atom. The zero-order chi connectivity index (χ0) is 14.0. The molecule has 0 spiro atoms. The van der Waals surface area contributed by atoms with Gasteiger partial charge >= 0.3 is 5.97 Å². The molecule has 1 aromatic heterocycles. The summed E-state index contributed by atoms with van der Waals surface area (Å²) in [5, 5.41) is 8.67. The summed E-state index contributed by atoms with van der Waals surface area (Å²) < 4.78 is 37.3. The van der Waals surface area contributed by atoms with Crippen molar-refractivity contribution >= 4 is 38.1 Å². The quantitative estimate of drug-likeness (QED) is 0.850. The molecule has 106 valence electrons. The van der Waals surface area contributed by atoms with Crippen molar-refractivity contribution in [3.8, 4) is 0 Å². The lowest BCUT2D eigenvalue weighted by Gasteiger charge is -2.24. The highest BCUT2D eigenvalue weighted by molar-refractivity contribution is 7.91. The van der Waals surface area contributed by atoms with Gasteiger partial charge in [0.1, 0.15) is 4.21 Å². The monoisotopic (exact) mass is 323 g/mol. The van der Waals surface area contributed by atoms with E-state index in [1.807, 2.05) is 0 Å². The Balaban J connectivity index is 2.17. The largest absolute Gasteiger partial charge is 0.481 e. The van der Waals surface area contributed by atoms with Crippen LogP contribution in [0, 0.1) is 0 Å². The number of rotatable bonds is 4. The molecule has 2 heterocycles. The topological polar surface area (TPSA) is 91.8 Å². The van der Waals surface area contributed by atoms with Crippen LogP contribution in [0.3, 0.4) is 0 Å². The van der Waals surface area contributed by atoms with Crippen molar-refractivity contribution in [3.05, 3.63) is 17.0 Å². The zero-order valence-corrected chi connectivity index (χ0v) is 12.4. The van der Waals surface area contributed by atoms with E-state index in [0.717, 1.165) is 11.3 Å². The molecule has 0 atom stereocenters. The lowest BCUT2D eigenvalue weighted by molar-refractivity contribution is -0.136. The van der Waals surface area contributed by atoms with Gasteiger partial charge in [-0.25, -0.2) is 8.42 Å². The van der Waals surface area contributed by atoms with Gasteiger partial charge in [-0.15, -0.1) is 11.3 Å². The van der Waals surface area contributed by atoms with Crippen LogP contribution in [0.25, 0.3) is 0 Å². The third-order valence-corrected chi connectivity index (χ3v) is 7.42. The molecule has 0 aromatic carbocycles. The van der Waals surface area contributed by atoms with Crippen LogP contribution in [0.5, 0.6) is 0 Å². The summed E-state index contributed by atoms with van der Waals surface area (Å²) in [5.41, 5.74) is 0. The molecule has 9 heteroatoms. The van der Waals surface area contributed by atoms with Gasteiger partial charge in [0.2, 0.25) is 0 Å². The van der Waals surface area contributed by atoms with Crippen LogP contribution in [0.2, 0.25) is 0 Å². The van der Waals surface area contributed by atoms with Crippen LogP contribution >= 0.6 is 11.3 Å². The van der Waals surface area contributed by atoms with Gasteiger partial charge in [0.05, 0.1) is 6.42 Å². The third-order valence-electron chi connectivity index (χ3n) is 2.69. The highest BCUT2D eigenvalue weighted by atomic mass is 32.2. The molecule has 1 fully saturated rings. The maximum Gasteiger partial charge on any atom is 0.308 e. The number of sulfonamides is 1. The van der Waals surface area contributed by atoms with Crippen molar-refractivity contribution in [2.24, 2.45) is 0 Å². The van der Waals surface area contributed by atoms with Crippen LogP contribution in [-0.4, -0.2) is 52.6 Å². The van der Waals surface area contributed by atoms with Gasteiger partial charge in [-0.05, 0) is 12.1 Å². The molecule has 0 aliphatic carbocycles. The summed E-state index contributed by atoms with van der Waals surface area (Å²) in [7, 11) is -4.51. The highest BCUT2D eigenvalue weighted by Gasteiger charge is 2.29. The summed E-state index contributed by atoms with van der Waals surface area (Å²) in [6.07, 6.45) is -0.176. The van der Waals surface area contributed by atoms with Gasteiger partial charge in [0.25, 0.3) is 10.0 Å². The molecule has 1 N–H and O–H groups in total. The van der Waals surface area contributed by atoms with Gasteiger partial charge < -0.3 is 5.11 Å². The van der Waals surface area contributed by atoms with Crippen molar-refractivity contribution in [3.63, 3.8) is 0 Å².